The van der Waals surface area contributed by atoms with Crippen LogP contribution in [0, 0.1) is 10.6 Å². The lowest BCUT2D eigenvalue weighted by Gasteiger charge is -2.22. The number of rotatable bonds is 6. The zero-order chi connectivity index (χ0) is 19.6. The summed E-state index contributed by atoms with van der Waals surface area (Å²) in [4.78, 5) is 36.9. The Kier molecular flexibility index (Phi) is 6.06. The maximum absolute atomic E-state index is 14.8. The molecule has 2 rings (SSSR count). The molecule has 0 amide bonds. The first kappa shape index (κ1) is 20.4. The highest BCUT2D eigenvalue weighted by molar-refractivity contribution is 7.71. The largest absolute Gasteiger partial charge is 0.458 e. The van der Waals surface area contributed by atoms with E-state index < -0.39 is 48.9 Å². The molecule has 26 heavy (non-hydrogen) atoms. The number of aliphatic hydroxyl groups is 1. The van der Waals surface area contributed by atoms with E-state index in [9.17, 15) is 23.9 Å². The molecular formula is C15H20FN3O6S. The van der Waals surface area contributed by atoms with Crippen molar-refractivity contribution in [3.8, 4) is 0 Å². The second-order valence-corrected chi connectivity index (χ2v) is 6.82. The van der Waals surface area contributed by atoms with Crippen molar-refractivity contribution in [3.05, 3.63) is 26.9 Å². The normalized spacial score (nSPS) is 26.7. The van der Waals surface area contributed by atoms with Crippen LogP contribution in [0.25, 0.3) is 0 Å². The molecule has 1 fully saturated rings. The van der Waals surface area contributed by atoms with E-state index in [0.717, 1.165) is 10.8 Å². The molecule has 0 saturated carbocycles. The van der Waals surface area contributed by atoms with Gasteiger partial charge in [0.1, 0.15) is 16.8 Å². The smallest absolute Gasteiger partial charge is 0.328 e. The topological polar surface area (TPSA) is 137 Å². The number of H-pyrrole nitrogens is 1. The number of nitrogens with zero attached hydrogens (tertiary/aromatic N) is 1. The van der Waals surface area contributed by atoms with Crippen LogP contribution in [0.1, 0.15) is 36.9 Å². The molecule has 11 heteroatoms. The summed E-state index contributed by atoms with van der Waals surface area (Å²) < 4.78 is 25.5. The minimum atomic E-state index is -2.51. The van der Waals surface area contributed by atoms with E-state index in [1.54, 1.807) is 13.8 Å². The summed E-state index contributed by atoms with van der Waals surface area (Å²) in [6.45, 7) is 2.62. The number of nitrogens with one attached hydrogen (secondary N) is 1. The van der Waals surface area contributed by atoms with Crippen LogP contribution in [0.4, 0.5) is 4.39 Å². The van der Waals surface area contributed by atoms with Crippen molar-refractivity contribution < 1.29 is 28.6 Å². The molecule has 1 saturated heterocycles. The van der Waals surface area contributed by atoms with Gasteiger partial charge in [-0.3, -0.25) is 19.1 Å². The highest BCUT2D eigenvalue weighted by Crippen LogP contribution is 2.37. The number of carbonyl (C=O) groups is 2. The maximum atomic E-state index is 14.8. The highest BCUT2D eigenvalue weighted by Gasteiger charge is 2.49. The van der Waals surface area contributed by atoms with Crippen LogP contribution < -0.4 is 11.4 Å². The number of hydrogen-bond donors (Lipinski definition) is 3. The highest BCUT2D eigenvalue weighted by atomic mass is 32.1. The van der Waals surface area contributed by atoms with Crippen LogP contribution in [0.2, 0.25) is 0 Å². The summed E-state index contributed by atoms with van der Waals surface area (Å²) in [7, 11) is 0. The molecule has 0 aliphatic carbocycles. The first-order valence-corrected chi connectivity index (χ1v) is 8.26. The minimum absolute atomic E-state index is 0.0268. The number of nitrogens with two attached hydrogens (primary N) is 1. The van der Waals surface area contributed by atoms with Gasteiger partial charge in [0.2, 0.25) is 5.85 Å². The quantitative estimate of drug-likeness (QED) is 0.356. The zero-order valence-corrected chi connectivity index (χ0v) is 15.0. The van der Waals surface area contributed by atoms with Crippen LogP contribution in [0.3, 0.4) is 0 Å². The van der Waals surface area contributed by atoms with Crippen LogP contribution >= 0.6 is 12.2 Å². The third-order valence-electron chi connectivity index (χ3n) is 3.99. The van der Waals surface area contributed by atoms with E-state index in [2.05, 4.69) is 4.98 Å². The number of aldehydes is 1. The molecule has 2 heterocycles. The SMILES string of the molecule is CC(C)[C@H](N)C(=O)OC[C@]1(F)C[C@@H](O)[C@H](n2cc(C=O)c(=S)[nH]c2=O)O1. The monoisotopic (exact) mass is 389 g/mol. The van der Waals surface area contributed by atoms with Crippen LogP contribution in [0.15, 0.2) is 11.0 Å². The molecule has 4 N–H and O–H groups in total. The van der Waals surface area contributed by atoms with Gasteiger partial charge in [0.15, 0.2) is 19.1 Å². The van der Waals surface area contributed by atoms with Crippen molar-refractivity contribution in [1.82, 2.24) is 9.55 Å². The molecule has 144 valence electrons. The van der Waals surface area contributed by atoms with Crippen molar-refractivity contribution in [2.75, 3.05) is 6.61 Å². The van der Waals surface area contributed by atoms with Gasteiger partial charge in [-0.2, -0.15) is 0 Å². The van der Waals surface area contributed by atoms with Gasteiger partial charge < -0.3 is 20.3 Å². The fourth-order valence-electron chi connectivity index (χ4n) is 2.41. The fraction of sp³-hybridized carbons (Fsp3) is 0.600. The third kappa shape index (κ3) is 4.23. The van der Waals surface area contributed by atoms with Gasteiger partial charge in [-0.1, -0.05) is 26.1 Å². The second-order valence-electron chi connectivity index (χ2n) is 6.41. The van der Waals surface area contributed by atoms with Gasteiger partial charge in [-0.25, -0.2) is 9.18 Å². The number of halogens is 1. The number of aromatic amines is 1. The first-order chi connectivity index (χ1) is 12.1. The molecule has 1 aromatic heterocycles. The lowest BCUT2D eigenvalue weighted by molar-refractivity contribution is -0.196. The van der Waals surface area contributed by atoms with Gasteiger partial charge in [0.25, 0.3) is 0 Å². The lowest BCUT2D eigenvalue weighted by Crippen LogP contribution is -2.40. The third-order valence-corrected chi connectivity index (χ3v) is 4.33. The average molecular weight is 389 g/mol. The summed E-state index contributed by atoms with van der Waals surface area (Å²) in [5.41, 5.74) is 4.81. The number of hydrogen-bond acceptors (Lipinski definition) is 8. The van der Waals surface area contributed by atoms with E-state index in [1.807, 2.05) is 0 Å². The van der Waals surface area contributed by atoms with E-state index in [1.165, 1.54) is 0 Å². The standard InChI is InChI=1S/C15H20FN3O6S/c1-7(2)10(17)13(22)24-6-15(16)3-9(21)12(25-15)19-4-8(5-20)11(26)18-14(19)23/h4-5,7,9-10,12,21H,3,6,17H2,1-2H3,(H,18,23,26)/t9-,10+,12-,15+/m1/s1. The van der Waals surface area contributed by atoms with Gasteiger partial charge >= 0.3 is 11.7 Å². The average Bonchev–Trinajstić information content (AvgIpc) is 2.87. The second kappa shape index (κ2) is 7.74. The Balaban J connectivity index is 2.16. The molecule has 1 aliphatic rings. The van der Waals surface area contributed by atoms with Crippen molar-refractivity contribution in [2.24, 2.45) is 11.7 Å². The lowest BCUT2D eigenvalue weighted by atomic mass is 10.1. The Morgan fingerprint density at radius 3 is 2.92 bits per heavy atom. The van der Waals surface area contributed by atoms with Gasteiger partial charge in [-0.05, 0) is 5.92 Å². The molecule has 0 spiro atoms. The van der Waals surface area contributed by atoms with Crippen LogP contribution in [-0.4, -0.2) is 51.5 Å². The van der Waals surface area contributed by atoms with Crippen LogP contribution in [-0.2, 0) is 14.3 Å². The molecule has 0 radical (unpaired) electrons. The predicted octanol–water partition coefficient (Wildman–Crippen LogP) is 0.190. The predicted molar refractivity (Wildman–Crippen MR) is 89.6 cm³/mol. The minimum Gasteiger partial charge on any atom is -0.458 e. The Morgan fingerprint density at radius 2 is 2.35 bits per heavy atom. The van der Waals surface area contributed by atoms with E-state index in [-0.39, 0.29) is 16.1 Å². The molecule has 9 nitrogen and oxygen atoms in total. The number of aromatic nitrogens is 2. The van der Waals surface area contributed by atoms with Gasteiger partial charge in [-0.15, -0.1) is 0 Å². The number of esters is 1. The molecule has 4 atom stereocenters. The van der Waals surface area contributed by atoms with Crippen molar-refractivity contribution >= 4 is 24.5 Å². The number of ether oxygens (including phenoxy) is 2. The van der Waals surface area contributed by atoms with Crippen molar-refractivity contribution in [1.29, 1.82) is 0 Å². The van der Waals surface area contributed by atoms with E-state index >= 15 is 0 Å². The fourth-order valence-corrected chi connectivity index (χ4v) is 2.60. The first-order valence-electron chi connectivity index (χ1n) is 7.85. The van der Waals surface area contributed by atoms with Gasteiger partial charge in [0, 0.05) is 12.6 Å². The van der Waals surface area contributed by atoms with E-state index in [4.69, 9.17) is 27.4 Å². The van der Waals surface area contributed by atoms with Gasteiger partial charge in [0.05, 0.1) is 5.56 Å². The molecule has 0 aromatic carbocycles. The Bertz CT molecular complexity index is 809. The zero-order valence-electron chi connectivity index (χ0n) is 14.2. The summed E-state index contributed by atoms with van der Waals surface area (Å²) in [5.74, 6) is -3.51. The molecule has 1 aromatic rings. The van der Waals surface area contributed by atoms with Crippen LogP contribution in [0.5, 0.6) is 0 Å². The molecule has 1 aliphatic heterocycles. The summed E-state index contributed by atoms with van der Waals surface area (Å²) in [6.07, 6.45) is -1.91. The summed E-state index contributed by atoms with van der Waals surface area (Å²) in [5, 5.41) is 10.1. The van der Waals surface area contributed by atoms with Crippen molar-refractivity contribution in [2.45, 2.75) is 44.5 Å². The molecular weight excluding hydrogens is 369 g/mol. The Morgan fingerprint density at radius 1 is 1.69 bits per heavy atom. The number of carbonyl (C=O) groups excluding carboxylic acids is 2. The number of aliphatic hydroxyl groups excluding tert-OH is 1. The van der Waals surface area contributed by atoms with E-state index in [0.29, 0.717) is 6.29 Å². The molecule has 0 unspecified atom stereocenters. The van der Waals surface area contributed by atoms with Crippen molar-refractivity contribution in [3.63, 3.8) is 0 Å². The Labute approximate surface area is 152 Å². The summed E-state index contributed by atoms with van der Waals surface area (Å²) >= 11 is 4.82. The molecule has 0 bridgehead atoms. The number of alkyl halides is 1. The summed E-state index contributed by atoms with van der Waals surface area (Å²) in [6, 6.07) is -0.923. The maximum Gasteiger partial charge on any atom is 0.328 e. The Hall–Kier alpha value is -1.95.